The lowest BCUT2D eigenvalue weighted by Crippen LogP contribution is -2.54. The van der Waals surface area contributed by atoms with E-state index in [1.807, 2.05) is 36.6 Å². The molecule has 1 aromatic rings. The standard InChI is InChI=1S/C20H29N6O3/c21-20(22)24-11-4-8-15(13-27)25-19(29)17(12-14-6-2-1-3-7-14)26-18(28)16-9-5-10-23-16/h1-3,6-7,15-17,23H,4-5,8-12H2,(H,25,29)(H,26,28)(H4,21,22,24)/t15-,16-,17-/m0/s1. The largest absolute Gasteiger partial charge is 0.370 e. The summed E-state index contributed by atoms with van der Waals surface area (Å²) in [4.78, 5) is 36.6. The molecule has 29 heavy (non-hydrogen) atoms. The number of nitrogens with two attached hydrogens (primary N) is 1. The fourth-order valence-electron chi connectivity index (χ4n) is 3.20. The Labute approximate surface area is 170 Å². The van der Waals surface area contributed by atoms with E-state index in [0.717, 1.165) is 24.9 Å². The second-order valence-corrected chi connectivity index (χ2v) is 7.06. The highest BCUT2D eigenvalue weighted by atomic mass is 16.2. The van der Waals surface area contributed by atoms with Gasteiger partial charge >= 0.3 is 0 Å². The van der Waals surface area contributed by atoms with Gasteiger partial charge in [0.2, 0.25) is 18.1 Å². The van der Waals surface area contributed by atoms with Crippen molar-refractivity contribution in [3.63, 3.8) is 0 Å². The number of hydrogen-bond acceptors (Lipinski definition) is 5. The van der Waals surface area contributed by atoms with Crippen molar-refractivity contribution in [1.82, 2.24) is 21.3 Å². The van der Waals surface area contributed by atoms with Crippen molar-refractivity contribution in [2.75, 3.05) is 13.1 Å². The van der Waals surface area contributed by atoms with E-state index in [2.05, 4.69) is 21.3 Å². The summed E-state index contributed by atoms with van der Waals surface area (Å²) in [5, 5.41) is 18.4. The molecule has 1 heterocycles. The van der Waals surface area contributed by atoms with Gasteiger partial charge in [-0.1, -0.05) is 30.3 Å². The van der Waals surface area contributed by atoms with E-state index in [1.54, 1.807) is 0 Å². The van der Waals surface area contributed by atoms with Crippen LogP contribution in [0, 0.1) is 5.41 Å². The van der Waals surface area contributed by atoms with Gasteiger partial charge in [-0.3, -0.25) is 19.8 Å². The van der Waals surface area contributed by atoms with Crippen LogP contribution in [-0.2, 0) is 20.8 Å². The molecule has 2 amide bonds. The Morgan fingerprint density at radius 3 is 2.66 bits per heavy atom. The van der Waals surface area contributed by atoms with Gasteiger partial charge in [0.1, 0.15) is 6.04 Å². The van der Waals surface area contributed by atoms with Gasteiger partial charge < -0.3 is 27.0 Å². The number of nitrogens with one attached hydrogen (secondary N) is 5. The van der Waals surface area contributed by atoms with E-state index in [0.29, 0.717) is 25.8 Å². The van der Waals surface area contributed by atoms with Crippen LogP contribution in [0.4, 0.5) is 0 Å². The fourth-order valence-corrected chi connectivity index (χ4v) is 3.20. The van der Waals surface area contributed by atoms with Crippen LogP contribution in [0.2, 0.25) is 0 Å². The molecule has 1 fully saturated rings. The van der Waals surface area contributed by atoms with Crippen LogP contribution < -0.4 is 27.0 Å². The van der Waals surface area contributed by atoms with Crippen LogP contribution in [0.5, 0.6) is 0 Å². The average molecular weight is 401 g/mol. The van der Waals surface area contributed by atoms with Crippen LogP contribution in [0.3, 0.4) is 0 Å². The summed E-state index contributed by atoms with van der Waals surface area (Å²) in [6, 6.07) is 7.50. The van der Waals surface area contributed by atoms with E-state index in [9.17, 15) is 14.4 Å². The van der Waals surface area contributed by atoms with Gasteiger partial charge in [0.05, 0.1) is 12.1 Å². The Morgan fingerprint density at radius 1 is 1.28 bits per heavy atom. The van der Waals surface area contributed by atoms with Gasteiger partial charge in [0.15, 0.2) is 5.96 Å². The second-order valence-electron chi connectivity index (χ2n) is 7.06. The number of guanidine groups is 1. The lowest BCUT2D eigenvalue weighted by molar-refractivity contribution is -0.130. The molecule has 0 aliphatic carbocycles. The first-order valence-corrected chi connectivity index (χ1v) is 9.83. The van der Waals surface area contributed by atoms with Crippen molar-refractivity contribution >= 4 is 24.1 Å². The Morgan fingerprint density at radius 2 is 2.03 bits per heavy atom. The molecule has 0 bridgehead atoms. The number of carbonyl (C=O) groups is 2. The smallest absolute Gasteiger partial charge is 0.243 e. The molecule has 1 aromatic carbocycles. The van der Waals surface area contributed by atoms with Gasteiger partial charge in [0.25, 0.3) is 0 Å². The van der Waals surface area contributed by atoms with Crippen LogP contribution in [-0.4, -0.2) is 55.3 Å². The molecule has 157 valence electrons. The van der Waals surface area contributed by atoms with Crippen LogP contribution in [0.1, 0.15) is 31.2 Å². The van der Waals surface area contributed by atoms with Crippen molar-refractivity contribution in [3.8, 4) is 0 Å². The minimum Gasteiger partial charge on any atom is -0.370 e. The number of carbonyl (C=O) groups excluding carboxylic acids is 3. The molecule has 0 spiro atoms. The zero-order valence-electron chi connectivity index (χ0n) is 16.4. The minimum atomic E-state index is -0.795. The molecule has 1 aliphatic rings. The van der Waals surface area contributed by atoms with E-state index < -0.39 is 18.0 Å². The van der Waals surface area contributed by atoms with Crippen LogP contribution in [0.15, 0.2) is 30.3 Å². The zero-order chi connectivity index (χ0) is 21.1. The van der Waals surface area contributed by atoms with Crippen molar-refractivity contribution in [2.24, 2.45) is 5.73 Å². The van der Waals surface area contributed by atoms with Crippen molar-refractivity contribution in [2.45, 2.75) is 50.2 Å². The highest BCUT2D eigenvalue weighted by Gasteiger charge is 2.28. The summed E-state index contributed by atoms with van der Waals surface area (Å²) in [6.07, 6.45) is 4.69. The van der Waals surface area contributed by atoms with Crippen LogP contribution >= 0.6 is 0 Å². The van der Waals surface area contributed by atoms with Gasteiger partial charge in [-0.25, -0.2) is 0 Å². The maximum Gasteiger partial charge on any atom is 0.243 e. The van der Waals surface area contributed by atoms with Crippen molar-refractivity contribution in [1.29, 1.82) is 5.41 Å². The number of hydrogen-bond donors (Lipinski definition) is 6. The first kappa shape index (κ1) is 22.4. The predicted molar refractivity (Wildman–Crippen MR) is 110 cm³/mol. The molecule has 1 saturated heterocycles. The Bertz CT molecular complexity index is 691. The average Bonchev–Trinajstić information content (AvgIpc) is 3.25. The summed E-state index contributed by atoms with van der Waals surface area (Å²) < 4.78 is 0. The third kappa shape index (κ3) is 7.90. The van der Waals surface area contributed by atoms with E-state index >= 15 is 0 Å². The van der Waals surface area contributed by atoms with Gasteiger partial charge in [0, 0.05) is 13.0 Å². The zero-order valence-corrected chi connectivity index (χ0v) is 16.4. The first-order chi connectivity index (χ1) is 14.0. The molecule has 2 rings (SSSR count). The lowest BCUT2D eigenvalue weighted by Gasteiger charge is -2.22. The summed E-state index contributed by atoms with van der Waals surface area (Å²) in [6.45, 7) is 1.20. The molecule has 9 nitrogen and oxygen atoms in total. The number of benzene rings is 1. The third-order valence-corrected chi connectivity index (χ3v) is 4.74. The monoisotopic (exact) mass is 401 g/mol. The normalized spacial score (nSPS) is 17.7. The maximum absolute atomic E-state index is 12.8. The Kier molecular flexibility index (Phi) is 9.10. The molecule has 0 unspecified atom stereocenters. The minimum absolute atomic E-state index is 0.146. The van der Waals surface area contributed by atoms with Gasteiger partial charge in [-0.15, -0.1) is 0 Å². The Hall–Kier alpha value is -2.94. The van der Waals surface area contributed by atoms with E-state index in [-0.39, 0.29) is 17.9 Å². The summed E-state index contributed by atoms with van der Waals surface area (Å²) in [5.41, 5.74) is 6.12. The quantitative estimate of drug-likeness (QED) is 0.164. The summed E-state index contributed by atoms with van der Waals surface area (Å²) in [5.74, 6) is -0.782. The number of rotatable bonds is 11. The SMILES string of the molecule is N=C(N)NCCC[C@@H]([C]=O)NC(=O)[C@H](Cc1ccccc1)NC(=O)[C@@H]1CCCN1. The molecule has 0 saturated carbocycles. The Balaban J connectivity index is 1.97. The summed E-state index contributed by atoms with van der Waals surface area (Å²) >= 11 is 0. The molecule has 1 aliphatic heterocycles. The third-order valence-electron chi connectivity index (χ3n) is 4.74. The second kappa shape index (κ2) is 11.8. The highest BCUT2D eigenvalue weighted by molar-refractivity contribution is 5.91. The summed E-state index contributed by atoms with van der Waals surface area (Å²) in [7, 11) is 0. The molecule has 0 aromatic heterocycles. The molecule has 1 radical (unpaired) electrons. The van der Waals surface area contributed by atoms with E-state index in [1.165, 1.54) is 0 Å². The van der Waals surface area contributed by atoms with Gasteiger partial charge in [-0.05, 0) is 37.8 Å². The predicted octanol–water partition coefficient (Wildman–Crippen LogP) is -0.676. The molecular weight excluding hydrogens is 372 g/mol. The van der Waals surface area contributed by atoms with Crippen molar-refractivity contribution < 1.29 is 14.4 Å². The topological polar surface area (TPSA) is 149 Å². The molecule has 9 heteroatoms. The van der Waals surface area contributed by atoms with Crippen LogP contribution in [0.25, 0.3) is 0 Å². The number of amides is 2. The maximum atomic E-state index is 12.8. The molecule has 7 N–H and O–H groups in total. The van der Waals surface area contributed by atoms with Crippen molar-refractivity contribution in [3.05, 3.63) is 35.9 Å². The van der Waals surface area contributed by atoms with Gasteiger partial charge in [-0.2, -0.15) is 0 Å². The fraction of sp³-hybridized carbons (Fsp3) is 0.500. The highest BCUT2D eigenvalue weighted by Crippen LogP contribution is 2.08. The molecule has 3 atom stereocenters. The van der Waals surface area contributed by atoms with E-state index in [4.69, 9.17) is 11.1 Å². The molecular formula is C20H29N6O3. The first-order valence-electron chi connectivity index (χ1n) is 9.83. The lowest BCUT2D eigenvalue weighted by atomic mass is 10.0.